The lowest BCUT2D eigenvalue weighted by molar-refractivity contribution is -0.119. The van der Waals surface area contributed by atoms with E-state index in [-0.39, 0.29) is 23.8 Å². The number of H-pyrrole nitrogens is 1. The Morgan fingerprint density at radius 3 is 2.62 bits per heavy atom. The number of nitrogens with zero attached hydrogens (tertiary/aromatic N) is 4. The van der Waals surface area contributed by atoms with Crippen molar-refractivity contribution < 1.29 is 14.1 Å². The SMILES string of the molecule is CC(=O)N[C@@H]1CN(C(=O)c2c(C)noc2C)C[C@H]1c1nc(-c2ccccc2)n[nH]1. The molecule has 9 nitrogen and oxygen atoms in total. The minimum atomic E-state index is -0.270. The third kappa shape index (κ3) is 3.63. The molecule has 0 radical (unpaired) electrons. The molecule has 2 amide bonds. The lowest BCUT2D eigenvalue weighted by atomic mass is 10.0. The molecule has 0 aliphatic carbocycles. The summed E-state index contributed by atoms with van der Waals surface area (Å²) < 4.78 is 5.14. The molecule has 1 aromatic carbocycles. The third-order valence-electron chi connectivity index (χ3n) is 5.13. The van der Waals surface area contributed by atoms with Crippen LogP contribution in [0.3, 0.4) is 0 Å². The van der Waals surface area contributed by atoms with Crippen molar-refractivity contribution in [2.45, 2.75) is 32.7 Å². The molecule has 29 heavy (non-hydrogen) atoms. The van der Waals surface area contributed by atoms with Crippen LogP contribution in [0.15, 0.2) is 34.9 Å². The summed E-state index contributed by atoms with van der Waals surface area (Å²) in [6.07, 6.45) is 0. The Bertz CT molecular complexity index is 1020. The van der Waals surface area contributed by atoms with Gasteiger partial charge in [-0.25, -0.2) is 4.98 Å². The van der Waals surface area contributed by atoms with E-state index in [9.17, 15) is 9.59 Å². The van der Waals surface area contributed by atoms with Gasteiger partial charge in [-0.1, -0.05) is 35.5 Å². The Labute approximate surface area is 167 Å². The van der Waals surface area contributed by atoms with Crippen LogP contribution in [0.25, 0.3) is 11.4 Å². The average molecular weight is 394 g/mol. The number of nitrogens with one attached hydrogen (secondary N) is 2. The number of carbonyl (C=O) groups is 2. The van der Waals surface area contributed by atoms with Gasteiger partial charge in [0, 0.05) is 25.6 Å². The van der Waals surface area contributed by atoms with Crippen LogP contribution in [-0.4, -0.2) is 56.2 Å². The number of aromatic amines is 1. The van der Waals surface area contributed by atoms with Gasteiger partial charge in [0.1, 0.15) is 17.1 Å². The second-order valence-electron chi connectivity index (χ2n) is 7.23. The van der Waals surface area contributed by atoms with Gasteiger partial charge in [-0.3, -0.25) is 14.7 Å². The van der Waals surface area contributed by atoms with E-state index in [0.717, 1.165) is 5.56 Å². The smallest absolute Gasteiger partial charge is 0.259 e. The summed E-state index contributed by atoms with van der Waals surface area (Å²) in [5, 5.41) is 14.1. The number of aryl methyl sites for hydroxylation is 2. The summed E-state index contributed by atoms with van der Waals surface area (Å²) in [6, 6.07) is 9.36. The topological polar surface area (TPSA) is 117 Å². The highest BCUT2D eigenvalue weighted by Crippen LogP contribution is 2.29. The van der Waals surface area contributed by atoms with Gasteiger partial charge in [0.2, 0.25) is 5.91 Å². The highest BCUT2D eigenvalue weighted by Gasteiger charge is 2.40. The number of benzene rings is 1. The average Bonchev–Trinajstić information content (AvgIpc) is 3.41. The maximum absolute atomic E-state index is 13.1. The first-order chi connectivity index (χ1) is 13.9. The fraction of sp³-hybridized carbons (Fsp3) is 0.350. The summed E-state index contributed by atoms with van der Waals surface area (Å²) in [6.45, 7) is 5.69. The fourth-order valence-corrected chi connectivity index (χ4v) is 3.76. The van der Waals surface area contributed by atoms with Crippen molar-refractivity contribution in [1.82, 2.24) is 30.6 Å². The quantitative estimate of drug-likeness (QED) is 0.697. The lowest BCUT2D eigenvalue weighted by Gasteiger charge is -2.16. The molecular weight excluding hydrogens is 372 g/mol. The molecular formula is C20H22N6O3. The van der Waals surface area contributed by atoms with Crippen LogP contribution in [0.2, 0.25) is 0 Å². The Morgan fingerprint density at radius 1 is 1.21 bits per heavy atom. The minimum Gasteiger partial charge on any atom is -0.361 e. The Hall–Kier alpha value is -3.49. The van der Waals surface area contributed by atoms with Crippen molar-refractivity contribution in [3.63, 3.8) is 0 Å². The summed E-state index contributed by atoms with van der Waals surface area (Å²) in [4.78, 5) is 31.1. The van der Waals surface area contributed by atoms with Gasteiger partial charge in [0.05, 0.1) is 17.7 Å². The molecule has 1 fully saturated rings. The first-order valence-electron chi connectivity index (χ1n) is 9.41. The third-order valence-corrected chi connectivity index (χ3v) is 5.13. The van der Waals surface area contributed by atoms with Crippen molar-refractivity contribution in [1.29, 1.82) is 0 Å². The van der Waals surface area contributed by atoms with Crippen LogP contribution >= 0.6 is 0 Å². The highest BCUT2D eigenvalue weighted by molar-refractivity contribution is 5.96. The zero-order chi connectivity index (χ0) is 20.5. The van der Waals surface area contributed by atoms with Gasteiger partial charge in [0.25, 0.3) is 5.91 Å². The van der Waals surface area contributed by atoms with Crippen LogP contribution in [-0.2, 0) is 4.79 Å². The van der Waals surface area contributed by atoms with Crippen molar-refractivity contribution >= 4 is 11.8 Å². The summed E-state index contributed by atoms with van der Waals surface area (Å²) in [5.74, 6) is 1.18. The monoisotopic (exact) mass is 394 g/mol. The number of aromatic nitrogens is 4. The standard InChI is InChI=1S/C20H22N6O3/c1-11-17(12(2)29-25-11)20(28)26-9-15(16(10-26)21-13(3)27)19-22-18(23-24-19)14-7-5-4-6-8-14/h4-8,15-16H,9-10H2,1-3H3,(H,21,27)(H,22,23,24)/t15-,16-/m1/s1. The van der Waals surface area contributed by atoms with E-state index >= 15 is 0 Å². The molecule has 150 valence electrons. The van der Waals surface area contributed by atoms with E-state index in [0.29, 0.717) is 41.8 Å². The first kappa shape index (κ1) is 18.9. The lowest BCUT2D eigenvalue weighted by Crippen LogP contribution is -2.39. The highest BCUT2D eigenvalue weighted by atomic mass is 16.5. The summed E-state index contributed by atoms with van der Waals surface area (Å²) >= 11 is 0. The van der Waals surface area contributed by atoms with E-state index in [1.54, 1.807) is 18.7 Å². The van der Waals surface area contributed by atoms with Crippen LogP contribution in [0.5, 0.6) is 0 Å². The predicted molar refractivity (Wildman–Crippen MR) is 104 cm³/mol. The van der Waals surface area contributed by atoms with Crippen molar-refractivity contribution in [2.24, 2.45) is 0 Å². The first-order valence-corrected chi connectivity index (χ1v) is 9.41. The Morgan fingerprint density at radius 2 is 1.97 bits per heavy atom. The Kier molecular flexibility index (Phi) is 4.87. The number of rotatable bonds is 4. The van der Waals surface area contributed by atoms with Crippen LogP contribution < -0.4 is 5.32 Å². The van der Waals surface area contributed by atoms with Crippen molar-refractivity contribution in [2.75, 3.05) is 13.1 Å². The molecule has 0 spiro atoms. The minimum absolute atomic E-state index is 0.158. The molecule has 2 atom stereocenters. The zero-order valence-electron chi connectivity index (χ0n) is 16.5. The maximum atomic E-state index is 13.1. The fourth-order valence-electron chi connectivity index (χ4n) is 3.76. The number of hydrogen-bond acceptors (Lipinski definition) is 6. The van der Waals surface area contributed by atoms with E-state index in [4.69, 9.17) is 4.52 Å². The summed E-state index contributed by atoms with van der Waals surface area (Å²) in [5.41, 5.74) is 1.92. The van der Waals surface area contributed by atoms with Crippen LogP contribution in [0.4, 0.5) is 0 Å². The van der Waals surface area contributed by atoms with Crippen molar-refractivity contribution in [3.05, 3.63) is 53.2 Å². The van der Waals surface area contributed by atoms with Gasteiger partial charge in [0.15, 0.2) is 5.82 Å². The number of carbonyl (C=O) groups excluding carboxylic acids is 2. The molecule has 1 aliphatic rings. The Balaban J connectivity index is 1.61. The molecule has 2 aromatic heterocycles. The molecule has 4 rings (SSSR count). The van der Waals surface area contributed by atoms with E-state index in [2.05, 4.69) is 25.7 Å². The second-order valence-corrected chi connectivity index (χ2v) is 7.23. The van der Waals surface area contributed by atoms with Gasteiger partial charge < -0.3 is 14.7 Å². The van der Waals surface area contributed by atoms with E-state index < -0.39 is 0 Å². The molecule has 0 unspecified atom stereocenters. The number of likely N-dealkylation sites (tertiary alicyclic amines) is 1. The molecule has 3 heterocycles. The molecule has 1 saturated heterocycles. The van der Waals surface area contributed by atoms with Crippen molar-refractivity contribution in [3.8, 4) is 11.4 Å². The van der Waals surface area contributed by atoms with Gasteiger partial charge in [-0.15, -0.1) is 0 Å². The van der Waals surface area contributed by atoms with E-state index in [1.807, 2.05) is 30.3 Å². The van der Waals surface area contributed by atoms with E-state index in [1.165, 1.54) is 6.92 Å². The van der Waals surface area contributed by atoms with Gasteiger partial charge >= 0.3 is 0 Å². The molecule has 0 bridgehead atoms. The predicted octanol–water partition coefficient (Wildman–Crippen LogP) is 1.82. The van der Waals surface area contributed by atoms with Crippen LogP contribution in [0.1, 0.15) is 40.5 Å². The maximum Gasteiger partial charge on any atom is 0.259 e. The number of hydrogen-bond donors (Lipinski definition) is 2. The van der Waals surface area contributed by atoms with Gasteiger partial charge in [-0.05, 0) is 13.8 Å². The molecule has 0 saturated carbocycles. The summed E-state index contributed by atoms with van der Waals surface area (Å²) in [7, 11) is 0. The molecule has 9 heteroatoms. The second kappa shape index (κ2) is 7.50. The molecule has 2 N–H and O–H groups in total. The molecule has 1 aliphatic heterocycles. The largest absolute Gasteiger partial charge is 0.361 e. The zero-order valence-corrected chi connectivity index (χ0v) is 16.5. The van der Waals surface area contributed by atoms with Gasteiger partial charge in [-0.2, -0.15) is 5.10 Å². The number of amides is 2. The molecule has 3 aromatic rings. The van der Waals surface area contributed by atoms with Crippen LogP contribution in [0, 0.1) is 13.8 Å². The normalized spacial score (nSPS) is 18.8.